The predicted octanol–water partition coefficient (Wildman–Crippen LogP) is 1.82. The Balaban J connectivity index is 1.59. The molecule has 8 heteroatoms. The number of carbonyl (C=O) groups is 1. The second-order valence-corrected chi connectivity index (χ2v) is 7.25. The van der Waals surface area contributed by atoms with Crippen molar-refractivity contribution in [3.63, 3.8) is 0 Å². The minimum atomic E-state index is -0.0198. The zero-order valence-corrected chi connectivity index (χ0v) is 15.4. The van der Waals surface area contributed by atoms with Crippen molar-refractivity contribution < 1.29 is 9.53 Å². The average molecular weight is 358 g/mol. The highest BCUT2D eigenvalue weighted by Crippen LogP contribution is 2.33. The van der Waals surface area contributed by atoms with E-state index in [0.717, 1.165) is 62.6 Å². The highest BCUT2D eigenvalue weighted by atomic mass is 16.5. The Morgan fingerprint density at radius 1 is 1.27 bits per heavy atom. The summed E-state index contributed by atoms with van der Waals surface area (Å²) in [4.78, 5) is 16.7. The number of aromatic nitrogens is 3. The van der Waals surface area contributed by atoms with E-state index in [1.54, 1.807) is 0 Å². The molecule has 2 aromatic rings. The molecule has 0 aromatic carbocycles. The molecule has 4 rings (SSSR count). The SMILES string of the molecule is CC(C)NC(=O)N1CCCC1c1nnn2cc(N3CCOCC3)ccc12. The molecule has 2 saturated heterocycles. The van der Waals surface area contributed by atoms with Crippen molar-refractivity contribution in [3.05, 3.63) is 24.0 Å². The van der Waals surface area contributed by atoms with E-state index in [1.165, 1.54) is 0 Å². The number of nitrogens with one attached hydrogen (secondary N) is 1. The van der Waals surface area contributed by atoms with E-state index in [9.17, 15) is 4.79 Å². The summed E-state index contributed by atoms with van der Waals surface area (Å²) in [6.45, 7) is 7.99. The molecule has 0 saturated carbocycles. The summed E-state index contributed by atoms with van der Waals surface area (Å²) in [5.74, 6) is 0. The van der Waals surface area contributed by atoms with Crippen LogP contribution in [-0.2, 0) is 4.74 Å². The molecule has 0 radical (unpaired) electrons. The number of carbonyl (C=O) groups excluding carboxylic acids is 1. The van der Waals surface area contributed by atoms with Crippen LogP contribution in [0.2, 0.25) is 0 Å². The molecule has 140 valence electrons. The third-order valence-corrected chi connectivity index (χ3v) is 5.04. The van der Waals surface area contributed by atoms with Gasteiger partial charge in [-0.2, -0.15) is 0 Å². The lowest BCUT2D eigenvalue weighted by molar-refractivity contribution is 0.122. The topological polar surface area (TPSA) is 75.0 Å². The van der Waals surface area contributed by atoms with E-state index in [0.29, 0.717) is 0 Å². The Hall–Kier alpha value is -2.35. The van der Waals surface area contributed by atoms with Gasteiger partial charge in [0.05, 0.1) is 36.7 Å². The van der Waals surface area contributed by atoms with Crippen molar-refractivity contribution in [2.75, 3.05) is 37.7 Å². The zero-order chi connectivity index (χ0) is 18.1. The van der Waals surface area contributed by atoms with Gasteiger partial charge in [0, 0.05) is 25.7 Å². The number of ether oxygens (including phenoxy) is 1. The number of rotatable bonds is 3. The van der Waals surface area contributed by atoms with Gasteiger partial charge in [-0.25, -0.2) is 9.31 Å². The van der Waals surface area contributed by atoms with Crippen molar-refractivity contribution in [2.24, 2.45) is 0 Å². The molecule has 2 aliphatic rings. The van der Waals surface area contributed by atoms with Crippen LogP contribution in [-0.4, -0.2) is 64.6 Å². The maximum atomic E-state index is 12.5. The number of anilines is 1. The van der Waals surface area contributed by atoms with Gasteiger partial charge >= 0.3 is 6.03 Å². The second kappa shape index (κ2) is 7.11. The van der Waals surface area contributed by atoms with Crippen molar-refractivity contribution in [1.82, 2.24) is 25.0 Å². The maximum Gasteiger partial charge on any atom is 0.318 e. The van der Waals surface area contributed by atoms with Gasteiger partial charge in [0.1, 0.15) is 5.69 Å². The summed E-state index contributed by atoms with van der Waals surface area (Å²) in [7, 11) is 0. The smallest absolute Gasteiger partial charge is 0.318 e. The number of urea groups is 1. The summed E-state index contributed by atoms with van der Waals surface area (Å²) in [6.07, 6.45) is 3.93. The molecule has 2 aromatic heterocycles. The van der Waals surface area contributed by atoms with Crippen molar-refractivity contribution in [1.29, 1.82) is 0 Å². The summed E-state index contributed by atoms with van der Waals surface area (Å²) in [6, 6.07) is 4.27. The van der Waals surface area contributed by atoms with Crippen LogP contribution < -0.4 is 10.2 Å². The molecule has 1 N–H and O–H groups in total. The van der Waals surface area contributed by atoms with Crippen molar-refractivity contribution >= 4 is 17.2 Å². The van der Waals surface area contributed by atoms with Gasteiger partial charge in [-0.05, 0) is 38.8 Å². The Morgan fingerprint density at radius 3 is 2.85 bits per heavy atom. The molecule has 2 fully saturated rings. The molecular weight excluding hydrogens is 332 g/mol. The number of morpholine rings is 1. The highest BCUT2D eigenvalue weighted by Gasteiger charge is 2.33. The standard InChI is InChI=1S/C18H26N6O2/c1-13(2)19-18(25)23-7-3-4-15(23)17-16-6-5-14(12-24(16)21-20-17)22-8-10-26-11-9-22/h5-6,12-13,15H,3-4,7-11H2,1-2H3,(H,19,25). The van der Waals surface area contributed by atoms with Crippen LogP contribution in [0.1, 0.15) is 38.4 Å². The quantitative estimate of drug-likeness (QED) is 0.906. The summed E-state index contributed by atoms with van der Waals surface area (Å²) in [5, 5.41) is 11.7. The molecule has 4 heterocycles. The van der Waals surface area contributed by atoms with E-state index in [1.807, 2.05) is 29.5 Å². The van der Waals surface area contributed by atoms with Gasteiger partial charge < -0.3 is 19.9 Å². The Morgan fingerprint density at radius 2 is 2.08 bits per heavy atom. The molecule has 8 nitrogen and oxygen atoms in total. The van der Waals surface area contributed by atoms with Crippen LogP contribution >= 0.6 is 0 Å². The van der Waals surface area contributed by atoms with Gasteiger partial charge in [0.15, 0.2) is 0 Å². The van der Waals surface area contributed by atoms with E-state index < -0.39 is 0 Å². The lowest BCUT2D eigenvalue weighted by Gasteiger charge is -2.28. The number of nitrogens with zero attached hydrogens (tertiary/aromatic N) is 5. The predicted molar refractivity (Wildman–Crippen MR) is 98.4 cm³/mol. The van der Waals surface area contributed by atoms with E-state index in [2.05, 4.69) is 32.7 Å². The van der Waals surface area contributed by atoms with Gasteiger partial charge in [0.2, 0.25) is 0 Å². The molecule has 0 aliphatic carbocycles. The molecule has 26 heavy (non-hydrogen) atoms. The molecule has 2 amide bonds. The Bertz CT molecular complexity index is 783. The fraction of sp³-hybridized carbons (Fsp3) is 0.611. The largest absolute Gasteiger partial charge is 0.378 e. The normalized spacial score (nSPS) is 21.0. The number of hydrogen-bond acceptors (Lipinski definition) is 5. The van der Waals surface area contributed by atoms with Crippen molar-refractivity contribution in [3.8, 4) is 0 Å². The zero-order valence-electron chi connectivity index (χ0n) is 15.4. The maximum absolute atomic E-state index is 12.5. The molecule has 1 unspecified atom stereocenters. The van der Waals surface area contributed by atoms with Crippen LogP contribution in [0.3, 0.4) is 0 Å². The van der Waals surface area contributed by atoms with E-state index in [4.69, 9.17) is 4.74 Å². The fourth-order valence-corrected chi connectivity index (χ4v) is 3.77. The van der Waals surface area contributed by atoms with E-state index in [-0.39, 0.29) is 18.1 Å². The van der Waals surface area contributed by atoms with E-state index >= 15 is 0 Å². The monoisotopic (exact) mass is 358 g/mol. The second-order valence-electron chi connectivity index (χ2n) is 7.25. The summed E-state index contributed by atoms with van der Waals surface area (Å²) < 4.78 is 7.25. The molecule has 0 spiro atoms. The summed E-state index contributed by atoms with van der Waals surface area (Å²) >= 11 is 0. The number of hydrogen-bond donors (Lipinski definition) is 1. The van der Waals surface area contributed by atoms with Crippen LogP contribution in [0.4, 0.5) is 10.5 Å². The average Bonchev–Trinajstić information content (AvgIpc) is 3.27. The van der Waals surface area contributed by atoms with Gasteiger partial charge in [-0.15, -0.1) is 5.10 Å². The van der Waals surface area contributed by atoms with Crippen LogP contribution in [0.5, 0.6) is 0 Å². The first-order valence-corrected chi connectivity index (χ1v) is 9.38. The fourth-order valence-electron chi connectivity index (χ4n) is 3.77. The lowest BCUT2D eigenvalue weighted by Crippen LogP contribution is -2.42. The van der Waals surface area contributed by atoms with Crippen LogP contribution in [0, 0.1) is 0 Å². The molecule has 2 aliphatic heterocycles. The number of amides is 2. The number of pyridine rings is 1. The summed E-state index contributed by atoms with van der Waals surface area (Å²) in [5.41, 5.74) is 2.98. The number of likely N-dealkylation sites (tertiary alicyclic amines) is 1. The first-order valence-electron chi connectivity index (χ1n) is 9.38. The van der Waals surface area contributed by atoms with Gasteiger partial charge in [-0.1, -0.05) is 5.21 Å². The minimum Gasteiger partial charge on any atom is -0.378 e. The molecule has 1 atom stereocenters. The highest BCUT2D eigenvalue weighted by molar-refractivity contribution is 5.76. The number of fused-ring (bicyclic) bond motifs is 1. The first-order chi connectivity index (χ1) is 12.6. The van der Waals surface area contributed by atoms with Crippen LogP contribution in [0.25, 0.3) is 5.52 Å². The third kappa shape index (κ3) is 3.21. The first kappa shape index (κ1) is 17.1. The van der Waals surface area contributed by atoms with Crippen LogP contribution in [0.15, 0.2) is 18.3 Å². The van der Waals surface area contributed by atoms with Gasteiger partial charge in [0.25, 0.3) is 0 Å². The molecule has 0 bridgehead atoms. The Kier molecular flexibility index (Phi) is 4.67. The third-order valence-electron chi connectivity index (χ3n) is 5.04. The minimum absolute atomic E-state index is 0.0134. The van der Waals surface area contributed by atoms with Gasteiger partial charge in [-0.3, -0.25) is 0 Å². The Labute approximate surface area is 153 Å². The molecular formula is C18H26N6O2. The lowest BCUT2D eigenvalue weighted by atomic mass is 10.1. The van der Waals surface area contributed by atoms with Crippen molar-refractivity contribution in [2.45, 2.75) is 38.8 Å².